The lowest BCUT2D eigenvalue weighted by Gasteiger charge is -2.26. The molecule has 2 aromatic rings. The third kappa shape index (κ3) is 3.07. The highest BCUT2D eigenvalue weighted by Gasteiger charge is 2.52. The molecule has 25 heavy (non-hydrogen) atoms. The molecule has 1 amide bonds. The van der Waals surface area contributed by atoms with Crippen LogP contribution in [-0.2, 0) is 16.6 Å². The molecular formula is C20H24N2O2S. The minimum absolute atomic E-state index is 0.161. The van der Waals surface area contributed by atoms with Crippen LogP contribution in [-0.4, -0.2) is 38.1 Å². The molecule has 1 N–H and O–H groups in total. The average Bonchev–Trinajstić information content (AvgIpc) is 3.02. The van der Waals surface area contributed by atoms with Crippen LogP contribution in [0.4, 0.5) is 0 Å². The summed E-state index contributed by atoms with van der Waals surface area (Å²) in [6, 6.07) is 10.7. The summed E-state index contributed by atoms with van der Waals surface area (Å²) in [5.41, 5.74) is 2.24. The van der Waals surface area contributed by atoms with Gasteiger partial charge in [-0.15, -0.1) is 11.3 Å². The zero-order chi connectivity index (χ0) is 17.4. The van der Waals surface area contributed by atoms with Gasteiger partial charge in [-0.1, -0.05) is 18.2 Å². The van der Waals surface area contributed by atoms with Gasteiger partial charge in [-0.05, 0) is 55.6 Å². The number of fused-ring (bicyclic) bond motifs is 1. The number of amides is 1. The van der Waals surface area contributed by atoms with Crippen LogP contribution in [0.5, 0.6) is 5.75 Å². The monoisotopic (exact) mass is 356 g/mol. The average molecular weight is 356 g/mol. The highest BCUT2D eigenvalue weighted by atomic mass is 32.1. The van der Waals surface area contributed by atoms with Crippen LogP contribution in [0.25, 0.3) is 0 Å². The second kappa shape index (κ2) is 6.46. The van der Waals surface area contributed by atoms with Crippen molar-refractivity contribution in [2.24, 2.45) is 0 Å². The number of ether oxygens (including phenoxy) is 1. The quantitative estimate of drug-likeness (QED) is 0.865. The van der Waals surface area contributed by atoms with Crippen LogP contribution in [0.15, 0.2) is 35.7 Å². The Bertz CT molecular complexity index is 766. The van der Waals surface area contributed by atoms with E-state index < -0.39 is 0 Å². The van der Waals surface area contributed by atoms with Crippen molar-refractivity contribution < 1.29 is 9.53 Å². The van der Waals surface area contributed by atoms with E-state index in [1.165, 1.54) is 16.0 Å². The SMILES string of the molecule is CN(C)C(CNC(=O)C1(c2cccs2)CC1)c1ccc2c(c1)CCO2. The maximum Gasteiger partial charge on any atom is 0.231 e. The number of rotatable bonds is 6. The summed E-state index contributed by atoms with van der Waals surface area (Å²) in [5.74, 6) is 1.17. The predicted molar refractivity (Wildman–Crippen MR) is 100 cm³/mol. The first-order valence-corrected chi connectivity index (χ1v) is 9.72. The van der Waals surface area contributed by atoms with Crippen molar-refractivity contribution in [2.45, 2.75) is 30.7 Å². The van der Waals surface area contributed by atoms with Gasteiger partial charge in [0, 0.05) is 17.8 Å². The second-order valence-electron chi connectivity index (χ2n) is 7.21. The highest BCUT2D eigenvalue weighted by Crippen LogP contribution is 2.50. The topological polar surface area (TPSA) is 41.6 Å². The number of hydrogen-bond acceptors (Lipinski definition) is 4. The van der Waals surface area contributed by atoms with E-state index >= 15 is 0 Å². The third-order valence-corrected chi connectivity index (χ3v) is 6.43. The maximum atomic E-state index is 12.8. The molecule has 1 aromatic carbocycles. The van der Waals surface area contributed by atoms with Gasteiger partial charge in [0.25, 0.3) is 0 Å². The van der Waals surface area contributed by atoms with Crippen molar-refractivity contribution in [2.75, 3.05) is 27.2 Å². The van der Waals surface area contributed by atoms with E-state index in [-0.39, 0.29) is 17.4 Å². The predicted octanol–water partition coefficient (Wildman–Crippen LogP) is 3.13. The Morgan fingerprint density at radius 3 is 2.88 bits per heavy atom. The number of thiophene rings is 1. The molecule has 2 heterocycles. The molecule has 0 spiro atoms. The van der Waals surface area contributed by atoms with Crippen LogP contribution in [0.2, 0.25) is 0 Å². The summed E-state index contributed by atoms with van der Waals surface area (Å²) in [6.07, 6.45) is 2.89. The van der Waals surface area contributed by atoms with Crippen molar-refractivity contribution >= 4 is 17.2 Å². The molecule has 1 aromatic heterocycles. The first kappa shape index (κ1) is 16.6. The highest BCUT2D eigenvalue weighted by molar-refractivity contribution is 7.10. The van der Waals surface area contributed by atoms with E-state index in [1.807, 2.05) is 6.07 Å². The molecule has 0 bridgehead atoms. The summed E-state index contributed by atoms with van der Waals surface area (Å²) >= 11 is 1.69. The number of nitrogens with zero attached hydrogens (tertiary/aromatic N) is 1. The fourth-order valence-electron chi connectivity index (χ4n) is 3.63. The van der Waals surface area contributed by atoms with Gasteiger partial charge in [0.1, 0.15) is 5.75 Å². The Balaban J connectivity index is 1.47. The van der Waals surface area contributed by atoms with Crippen LogP contribution < -0.4 is 10.1 Å². The van der Waals surface area contributed by atoms with Crippen LogP contribution >= 0.6 is 11.3 Å². The molecular weight excluding hydrogens is 332 g/mol. The van der Waals surface area contributed by atoms with Gasteiger partial charge >= 0.3 is 0 Å². The molecule has 4 nitrogen and oxygen atoms in total. The first-order valence-electron chi connectivity index (χ1n) is 8.84. The van der Waals surface area contributed by atoms with E-state index in [4.69, 9.17) is 4.74 Å². The summed E-state index contributed by atoms with van der Waals surface area (Å²) in [6.45, 7) is 1.39. The minimum Gasteiger partial charge on any atom is -0.493 e. The van der Waals surface area contributed by atoms with Gasteiger partial charge in [-0.25, -0.2) is 0 Å². The number of likely N-dealkylation sites (N-methyl/N-ethyl adjacent to an activating group) is 1. The molecule has 4 rings (SSSR count). The number of hydrogen-bond donors (Lipinski definition) is 1. The zero-order valence-electron chi connectivity index (χ0n) is 14.7. The summed E-state index contributed by atoms with van der Waals surface area (Å²) in [7, 11) is 4.12. The fraction of sp³-hybridized carbons (Fsp3) is 0.450. The summed E-state index contributed by atoms with van der Waals surface area (Å²) in [4.78, 5) is 16.2. The number of carbonyl (C=O) groups is 1. The summed E-state index contributed by atoms with van der Waals surface area (Å²) in [5, 5.41) is 5.27. The largest absolute Gasteiger partial charge is 0.493 e. The van der Waals surface area contributed by atoms with Crippen LogP contribution in [0.1, 0.15) is 34.9 Å². The normalized spacial score (nSPS) is 18.5. The van der Waals surface area contributed by atoms with E-state index in [0.717, 1.165) is 31.6 Å². The Hall–Kier alpha value is -1.85. The Morgan fingerprint density at radius 1 is 1.36 bits per heavy atom. The van der Waals surface area contributed by atoms with E-state index in [9.17, 15) is 4.79 Å². The molecule has 0 radical (unpaired) electrons. The minimum atomic E-state index is -0.267. The van der Waals surface area contributed by atoms with Gasteiger partial charge in [0.05, 0.1) is 18.1 Å². The molecule has 5 heteroatoms. The van der Waals surface area contributed by atoms with E-state index in [0.29, 0.717) is 6.54 Å². The zero-order valence-corrected chi connectivity index (χ0v) is 15.6. The molecule has 0 saturated heterocycles. The Morgan fingerprint density at radius 2 is 2.20 bits per heavy atom. The molecule has 2 aliphatic rings. The van der Waals surface area contributed by atoms with E-state index in [2.05, 4.69) is 54.0 Å². The molecule has 1 saturated carbocycles. The lowest BCUT2D eigenvalue weighted by Crippen LogP contribution is -2.39. The number of nitrogens with one attached hydrogen (secondary N) is 1. The standard InChI is InChI=1S/C20H24N2O2S/c1-22(2)16(14-5-6-17-15(12-14)7-10-24-17)13-21-19(23)20(8-9-20)18-4-3-11-25-18/h3-6,11-12,16H,7-10,13H2,1-2H3,(H,21,23). The smallest absolute Gasteiger partial charge is 0.231 e. The van der Waals surface area contributed by atoms with Crippen molar-refractivity contribution in [1.29, 1.82) is 0 Å². The number of benzene rings is 1. The maximum absolute atomic E-state index is 12.8. The molecule has 1 fully saturated rings. The first-order chi connectivity index (χ1) is 12.1. The molecule has 1 atom stereocenters. The van der Waals surface area contributed by atoms with E-state index in [1.54, 1.807) is 11.3 Å². The van der Waals surface area contributed by atoms with Crippen molar-refractivity contribution in [1.82, 2.24) is 10.2 Å². The molecule has 1 unspecified atom stereocenters. The molecule has 1 aliphatic carbocycles. The molecule has 1 aliphatic heterocycles. The van der Waals surface area contributed by atoms with Crippen molar-refractivity contribution in [3.63, 3.8) is 0 Å². The van der Waals surface area contributed by atoms with Gasteiger partial charge in [-0.2, -0.15) is 0 Å². The lowest BCUT2D eigenvalue weighted by atomic mass is 10.0. The Labute approximate surface area is 152 Å². The summed E-state index contributed by atoms with van der Waals surface area (Å²) < 4.78 is 5.60. The van der Waals surface area contributed by atoms with Gasteiger partial charge in [-0.3, -0.25) is 4.79 Å². The number of carbonyl (C=O) groups excluding carboxylic acids is 1. The van der Waals surface area contributed by atoms with Crippen LogP contribution in [0.3, 0.4) is 0 Å². The third-order valence-electron chi connectivity index (χ3n) is 5.36. The Kier molecular flexibility index (Phi) is 4.29. The van der Waals surface area contributed by atoms with Gasteiger partial charge < -0.3 is 15.0 Å². The second-order valence-corrected chi connectivity index (χ2v) is 8.16. The fourth-order valence-corrected chi connectivity index (χ4v) is 4.62. The molecule has 132 valence electrons. The van der Waals surface area contributed by atoms with Crippen molar-refractivity contribution in [3.05, 3.63) is 51.7 Å². The van der Waals surface area contributed by atoms with Gasteiger partial charge in [0.2, 0.25) is 5.91 Å². The van der Waals surface area contributed by atoms with Crippen LogP contribution in [0, 0.1) is 0 Å². The van der Waals surface area contributed by atoms with Crippen molar-refractivity contribution in [3.8, 4) is 5.75 Å². The van der Waals surface area contributed by atoms with Gasteiger partial charge in [0.15, 0.2) is 0 Å². The lowest BCUT2D eigenvalue weighted by molar-refractivity contribution is -0.123.